The number of nitrogens with zero attached hydrogens (tertiary/aromatic N) is 5. The highest BCUT2D eigenvalue weighted by molar-refractivity contribution is 6.07. The second-order valence-electron chi connectivity index (χ2n) is 5.68. The molecule has 2 heterocycles. The predicted octanol–water partition coefficient (Wildman–Crippen LogP) is 3.08. The third-order valence-electron chi connectivity index (χ3n) is 4.21. The van der Waals surface area contributed by atoms with Crippen LogP contribution < -0.4 is 0 Å². The minimum Gasteiger partial charge on any atom is -0.339 e. The minimum absolute atomic E-state index is 0.107. The largest absolute Gasteiger partial charge is 0.339 e. The highest BCUT2D eigenvalue weighted by Crippen LogP contribution is 2.25. The smallest absolute Gasteiger partial charge is 0.254 e. The van der Waals surface area contributed by atoms with E-state index in [9.17, 15) is 10.1 Å². The molecule has 6 nitrogen and oxygen atoms in total. The summed E-state index contributed by atoms with van der Waals surface area (Å²) >= 11 is 0. The van der Waals surface area contributed by atoms with Gasteiger partial charge in [0.25, 0.3) is 5.91 Å². The van der Waals surface area contributed by atoms with Crippen LogP contribution in [0.15, 0.2) is 36.4 Å². The monoisotopic (exact) mass is 333 g/mol. The van der Waals surface area contributed by atoms with Crippen molar-refractivity contribution in [2.45, 2.75) is 20.8 Å². The predicted molar refractivity (Wildman–Crippen MR) is 95.6 cm³/mol. The molecule has 3 rings (SSSR count). The van der Waals surface area contributed by atoms with Crippen molar-refractivity contribution in [1.29, 1.82) is 5.26 Å². The van der Waals surface area contributed by atoms with Gasteiger partial charge in [0.1, 0.15) is 11.8 Å². The second kappa shape index (κ2) is 6.73. The summed E-state index contributed by atoms with van der Waals surface area (Å²) in [6.07, 6.45) is 0. The van der Waals surface area contributed by atoms with Crippen LogP contribution in [0, 0.1) is 18.3 Å². The van der Waals surface area contributed by atoms with Crippen molar-refractivity contribution in [3.63, 3.8) is 0 Å². The van der Waals surface area contributed by atoms with Crippen LogP contribution in [0.2, 0.25) is 0 Å². The Morgan fingerprint density at radius 1 is 1.24 bits per heavy atom. The standard InChI is InChI=1S/C19H19N5O/c1-4-23(5-2)19(25)16-11-14(12-20)21-18-17(16)13(3)22-24(18)15-9-7-6-8-10-15/h6-11H,4-5H2,1-3H3. The molecule has 1 aromatic carbocycles. The molecule has 0 fully saturated rings. The first-order chi connectivity index (χ1) is 12.1. The summed E-state index contributed by atoms with van der Waals surface area (Å²) < 4.78 is 1.69. The Hall–Kier alpha value is -3.20. The number of carbonyl (C=O) groups excluding carboxylic acids is 1. The van der Waals surface area contributed by atoms with Crippen LogP contribution in [0.25, 0.3) is 16.7 Å². The summed E-state index contributed by atoms with van der Waals surface area (Å²) in [6.45, 7) is 6.94. The highest BCUT2D eigenvalue weighted by atomic mass is 16.2. The van der Waals surface area contributed by atoms with Crippen molar-refractivity contribution in [1.82, 2.24) is 19.7 Å². The zero-order chi connectivity index (χ0) is 18.0. The van der Waals surface area contributed by atoms with Crippen molar-refractivity contribution < 1.29 is 4.79 Å². The van der Waals surface area contributed by atoms with Gasteiger partial charge in [-0.25, -0.2) is 9.67 Å². The van der Waals surface area contributed by atoms with Gasteiger partial charge in [-0.1, -0.05) is 18.2 Å². The lowest BCUT2D eigenvalue weighted by Gasteiger charge is -2.19. The van der Waals surface area contributed by atoms with Gasteiger partial charge in [0, 0.05) is 13.1 Å². The van der Waals surface area contributed by atoms with E-state index in [4.69, 9.17) is 0 Å². The zero-order valence-electron chi connectivity index (χ0n) is 14.5. The number of fused-ring (bicyclic) bond motifs is 1. The van der Waals surface area contributed by atoms with E-state index >= 15 is 0 Å². The Kier molecular flexibility index (Phi) is 4.48. The Balaban J connectivity index is 2.31. The number of pyridine rings is 1. The number of hydrogen-bond donors (Lipinski definition) is 0. The van der Waals surface area contributed by atoms with Gasteiger partial charge >= 0.3 is 0 Å². The van der Waals surface area contributed by atoms with Crippen molar-refractivity contribution in [2.75, 3.05) is 13.1 Å². The number of benzene rings is 1. The van der Waals surface area contributed by atoms with Gasteiger partial charge in [-0.3, -0.25) is 4.79 Å². The van der Waals surface area contributed by atoms with E-state index in [0.717, 1.165) is 5.69 Å². The van der Waals surface area contributed by atoms with E-state index < -0.39 is 0 Å². The van der Waals surface area contributed by atoms with Crippen molar-refractivity contribution in [2.24, 2.45) is 0 Å². The topological polar surface area (TPSA) is 74.8 Å². The summed E-state index contributed by atoms with van der Waals surface area (Å²) in [5.41, 5.74) is 2.76. The lowest BCUT2D eigenvalue weighted by atomic mass is 10.1. The van der Waals surface area contributed by atoms with Gasteiger partial charge in [-0.05, 0) is 39.0 Å². The molecule has 25 heavy (non-hydrogen) atoms. The molecule has 0 aliphatic heterocycles. The van der Waals surface area contributed by atoms with Crippen LogP contribution in [-0.4, -0.2) is 38.7 Å². The molecule has 0 atom stereocenters. The van der Waals surface area contributed by atoms with Gasteiger partial charge in [0.2, 0.25) is 0 Å². The van der Waals surface area contributed by atoms with E-state index in [1.165, 1.54) is 0 Å². The van der Waals surface area contributed by atoms with Gasteiger partial charge in [-0.15, -0.1) is 0 Å². The summed E-state index contributed by atoms with van der Waals surface area (Å²) in [5, 5.41) is 14.6. The number of aromatic nitrogens is 3. The number of aryl methyl sites for hydroxylation is 1. The number of carbonyl (C=O) groups is 1. The first kappa shape index (κ1) is 16.7. The van der Waals surface area contributed by atoms with E-state index in [0.29, 0.717) is 35.4 Å². The van der Waals surface area contributed by atoms with Gasteiger partial charge in [0.05, 0.1) is 22.3 Å². The van der Waals surface area contributed by atoms with E-state index in [1.54, 1.807) is 15.6 Å². The maximum Gasteiger partial charge on any atom is 0.254 e. The molecule has 1 amide bonds. The number of nitriles is 1. The molecule has 6 heteroatoms. The maximum absolute atomic E-state index is 12.9. The highest BCUT2D eigenvalue weighted by Gasteiger charge is 2.22. The fourth-order valence-corrected chi connectivity index (χ4v) is 2.95. The molecular formula is C19H19N5O. The van der Waals surface area contributed by atoms with E-state index in [-0.39, 0.29) is 11.6 Å². The Labute approximate surface area is 146 Å². The maximum atomic E-state index is 12.9. The van der Waals surface area contributed by atoms with Crippen LogP contribution >= 0.6 is 0 Å². The molecule has 0 aliphatic carbocycles. The van der Waals surface area contributed by atoms with Crippen LogP contribution in [-0.2, 0) is 0 Å². The fraction of sp³-hybridized carbons (Fsp3) is 0.263. The molecule has 2 aromatic heterocycles. The summed E-state index contributed by atoms with van der Waals surface area (Å²) in [5.74, 6) is -0.107. The minimum atomic E-state index is -0.107. The Morgan fingerprint density at radius 2 is 1.92 bits per heavy atom. The molecule has 0 bridgehead atoms. The number of amides is 1. The number of rotatable bonds is 4. The summed E-state index contributed by atoms with van der Waals surface area (Å²) in [7, 11) is 0. The van der Waals surface area contributed by atoms with Crippen molar-refractivity contribution >= 4 is 16.9 Å². The molecule has 0 saturated carbocycles. The second-order valence-corrected chi connectivity index (χ2v) is 5.68. The number of hydrogen-bond acceptors (Lipinski definition) is 4. The quantitative estimate of drug-likeness (QED) is 0.735. The molecule has 0 N–H and O–H groups in total. The Morgan fingerprint density at radius 3 is 2.52 bits per heavy atom. The molecular weight excluding hydrogens is 314 g/mol. The third kappa shape index (κ3) is 2.85. The summed E-state index contributed by atoms with van der Waals surface area (Å²) in [4.78, 5) is 19.1. The van der Waals surface area contributed by atoms with Crippen LogP contribution in [0.5, 0.6) is 0 Å². The van der Waals surface area contributed by atoms with Crippen LogP contribution in [0.4, 0.5) is 0 Å². The average Bonchev–Trinajstić information content (AvgIpc) is 2.99. The first-order valence-corrected chi connectivity index (χ1v) is 8.25. The van der Waals surface area contributed by atoms with E-state index in [2.05, 4.69) is 16.2 Å². The normalized spacial score (nSPS) is 10.6. The molecule has 126 valence electrons. The van der Waals surface area contributed by atoms with Crippen LogP contribution in [0.1, 0.15) is 35.6 Å². The zero-order valence-corrected chi connectivity index (χ0v) is 14.5. The number of para-hydroxylation sites is 1. The van der Waals surface area contributed by atoms with Crippen molar-refractivity contribution in [3.8, 4) is 11.8 Å². The summed E-state index contributed by atoms with van der Waals surface area (Å²) in [6, 6.07) is 13.2. The fourth-order valence-electron chi connectivity index (χ4n) is 2.95. The lowest BCUT2D eigenvalue weighted by molar-refractivity contribution is 0.0775. The van der Waals surface area contributed by atoms with Crippen molar-refractivity contribution in [3.05, 3.63) is 53.3 Å². The molecule has 0 radical (unpaired) electrons. The molecule has 0 spiro atoms. The van der Waals surface area contributed by atoms with Crippen LogP contribution in [0.3, 0.4) is 0 Å². The lowest BCUT2D eigenvalue weighted by Crippen LogP contribution is -2.30. The molecule has 0 aliphatic rings. The van der Waals surface area contributed by atoms with Gasteiger partial charge in [0.15, 0.2) is 5.65 Å². The molecule has 0 saturated heterocycles. The molecule has 3 aromatic rings. The SMILES string of the molecule is CCN(CC)C(=O)c1cc(C#N)nc2c1c(C)nn2-c1ccccc1. The van der Waals surface area contributed by atoms with E-state index in [1.807, 2.05) is 51.1 Å². The Bertz CT molecular complexity index is 965. The molecule has 0 unspecified atom stereocenters. The average molecular weight is 333 g/mol. The van der Waals surface area contributed by atoms with Gasteiger partial charge < -0.3 is 4.90 Å². The van der Waals surface area contributed by atoms with Gasteiger partial charge in [-0.2, -0.15) is 10.4 Å². The third-order valence-corrected chi connectivity index (χ3v) is 4.21. The first-order valence-electron chi connectivity index (χ1n) is 8.25.